The summed E-state index contributed by atoms with van der Waals surface area (Å²) in [5, 5.41) is 6.13. The number of fused-ring (bicyclic) bond motifs is 2. The van der Waals surface area contributed by atoms with E-state index in [0.29, 0.717) is 49.9 Å². The maximum Gasteiger partial charge on any atom is 0.231 e. The summed E-state index contributed by atoms with van der Waals surface area (Å²) in [6.45, 7) is 2.58. The van der Waals surface area contributed by atoms with Gasteiger partial charge in [-0.2, -0.15) is 0 Å². The van der Waals surface area contributed by atoms with Gasteiger partial charge >= 0.3 is 0 Å². The highest BCUT2D eigenvalue weighted by Gasteiger charge is 2.14. The summed E-state index contributed by atoms with van der Waals surface area (Å²) in [7, 11) is 0. The van der Waals surface area contributed by atoms with Crippen LogP contribution in [0.3, 0.4) is 0 Å². The smallest absolute Gasteiger partial charge is 0.231 e. The van der Waals surface area contributed by atoms with Gasteiger partial charge in [0.2, 0.25) is 12.7 Å². The first-order chi connectivity index (χ1) is 12.8. The molecule has 2 N–H and O–H groups in total. The molecule has 0 saturated heterocycles. The Morgan fingerprint density at radius 2 is 1.62 bits per heavy atom. The Morgan fingerprint density at radius 1 is 0.885 bits per heavy atom. The van der Waals surface area contributed by atoms with E-state index in [2.05, 4.69) is 10.6 Å². The third-order valence-corrected chi connectivity index (χ3v) is 4.12. The monoisotopic (exact) mass is 356 g/mol. The molecule has 2 aromatic carbocycles. The van der Waals surface area contributed by atoms with Crippen molar-refractivity contribution in [2.24, 2.45) is 0 Å². The fraction of sp³-hybridized carbons (Fsp3) is 0.316. The van der Waals surface area contributed by atoms with E-state index >= 15 is 0 Å². The van der Waals surface area contributed by atoms with E-state index in [1.807, 2.05) is 30.3 Å². The first kappa shape index (κ1) is 16.5. The lowest BCUT2D eigenvalue weighted by atomic mass is 10.2. The summed E-state index contributed by atoms with van der Waals surface area (Å²) >= 11 is 0. The second-order valence-corrected chi connectivity index (χ2v) is 6.02. The molecule has 0 aliphatic carbocycles. The van der Waals surface area contributed by atoms with Crippen LogP contribution in [0.15, 0.2) is 36.4 Å². The molecule has 2 heterocycles. The summed E-state index contributed by atoms with van der Waals surface area (Å²) in [5.41, 5.74) is 1.79. The minimum Gasteiger partial charge on any atom is -0.486 e. The standard InChI is InChI=1S/C19H20N2O5/c22-19(21-14-2-4-15-18(10-14)24-8-7-23-15)5-6-20-11-13-1-3-16-17(9-13)26-12-25-16/h1-4,9-10,20H,5-8,11-12H2,(H,21,22). The second-order valence-electron chi connectivity index (χ2n) is 6.02. The highest BCUT2D eigenvalue weighted by Crippen LogP contribution is 2.33. The summed E-state index contributed by atoms with van der Waals surface area (Å²) in [4.78, 5) is 12.1. The van der Waals surface area contributed by atoms with Crippen LogP contribution in [0.4, 0.5) is 5.69 Å². The van der Waals surface area contributed by atoms with Gasteiger partial charge in [0.15, 0.2) is 23.0 Å². The van der Waals surface area contributed by atoms with E-state index in [1.165, 1.54) is 0 Å². The summed E-state index contributed by atoms with van der Waals surface area (Å²) < 4.78 is 21.6. The van der Waals surface area contributed by atoms with Crippen LogP contribution in [0.2, 0.25) is 0 Å². The van der Waals surface area contributed by atoms with Gasteiger partial charge in [-0.1, -0.05) is 6.07 Å². The van der Waals surface area contributed by atoms with E-state index in [-0.39, 0.29) is 12.7 Å². The molecule has 136 valence electrons. The molecule has 0 bridgehead atoms. The Labute approximate surface area is 151 Å². The van der Waals surface area contributed by atoms with Crippen LogP contribution in [0.1, 0.15) is 12.0 Å². The quantitative estimate of drug-likeness (QED) is 0.774. The summed E-state index contributed by atoms with van der Waals surface area (Å²) in [6, 6.07) is 11.2. The molecule has 2 aromatic rings. The first-order valence-corrected chi connectivity index (χ1v) is 8.57. The van der Waals surface area contributed by atoms with Crippen LogP contribution in [-0.2, 0) is 11.3 Å². The van der Waals surface area contributed by atoms with Gasteiger partial charge in [-0.15, -0.1) is 0 Å². The third-order valence-electron chi connectivity index (χ3n) is 4.12. The maximum absolute atomic E-state index is 12.1. The van der Waals surface area contributed by atoms with Crippen LogP contribution in [0, 0.1) is 0 Å². The number of benzene rings is 2. The zero-order valence-corrected chi connectivity index (χ0v) is 14.2. The number of nitrogens with one attached hydrogen (secondary N) is 2. The normalized spacial score (nSPS) is 14.2. The van der Waals surface area contributed by atoms with Crippen LogP contribution in [0.5, 0.6) is 23.0 Å². The fourth-order valence-corrected chi connectivity index (χ4v) is 2.83. The summed E-state index contributed by atoms with van der Waals surface area (Å²) in [5.74, 6) is 2.85. The van der Waals surface area contributed by atoms with Crippen molar-refractivity contribution >= 4 is 11.6 Å². The van der Waals surface area contributed by atoms with Crippen molar-refractivity contribution in [3.05, 3.63) is 42.0 Å². The number of amides is 1. The molecular formula is C19H20N2O5. The lowest BCUT2D eigenvalue weighted by Gasteiger charge is -2.19. The molecule has 0 fully saturated rings. The average Bonchev–Trinajstić information content (AvgIpc) is 3.13. The van der Waals surface area contributed by atoms with E-state index < -0.39 is 0 Å². The number of carbonyl (C=O) groups is 1. The van der Waals surface area contributed by atoms with Gasteiger partial charge in [-0.25, -0.2) is 0 Å². The zero-order chi connectivity index (χ0) is 17.8. The highest BCUT2D eigenvalue weighted by atomic mass is 16.7. The third kappa shape index (κ3) is 3.83. The molecule has 0 radical (unpaired) electrons. The number of hydrogen-bond donors (Lipinski definition) is 2. The highest BCUT2D eigenvalue weighted by molar-refractivity contribution is 5.91. The Morgan fingerprint density at radius 3 is 2.54 bits per heavy atom. The van der Waals surface area contributed by atoms with Crippen LogP contribution in [-0.4, -0.2) is 32.5 Å². The van der Waals surface area contributed by atoms with Gasteiger partial charge in [0, 0.05) is 31.3 Å². The van der Waals surface area contributed by atoms with Crippen molar-refractivity contribution < 1.29 is 23.7 Å². The maximum atomic E-state index is 12.1. The molecule has 0 atom stereocenters. The number of ether oxygens (including phenoxy) is 4. The van der Waals surface area contributed by atoms with Gasteiger partial charge in [0.1, 0.15) is 13.2 Å². The average molecular weight is 356 g/mol. The van der Waals surface area contributed by atoms with Crippen molar-refractivity contribution in [3.63, 3.8) is 0 Å². The van der Waals surface area contributed by atoms with Gasteiger partial charge < -0.3 is 29.6 Å². The second kappa shape index (κ2) is 7.53. The Bertz CT molecular complexity index is 809. The van der Waals surface area contributed by atoms with Crippen molar-refractivity contribution in [2.45, 2.75) is 13.0 Å². The Balaban J connectivity index is 1.22. The van der Waals surface area contributed by atoms with Crippen LogP contribution < -0.4 is 29.6 Å². The number of carbonyl (C=O) groups excluding carboxylic acids is 1. The fourth-order valence-electron chi connectivity index (χ4n) is 2.83. The molecule has 7 heteroatoms. The SMILES string of the molecule is O=C(CCNCc1ccc2c(c1)OCO2)Nc1ccc2c(c1)OCCO2. The molecule has 0 saturated carbocycles. The minimum absolute atomic E-state index is 0.0557. The number of rotatable bonds is 6. The molecule has 4 rings (SSSR count). The molecule has 0 spiro atoms. The van der Waals surface area contributed by atoms with E-state index in [1.54, 1.807) is 6.07 Å². The summed E-state index contributed by atoms with van der Waals surface area (Å²) in [6.07, 6.45) is 0.374. The Hall–Kier alpha value is -2.93. The molecule has 1 amide bonds. The predicted octanol–water partition coefficient (Wildman–Crippen LogP) is 2.30. The van der Waals surface area contributed by atoms with Crippen LogP contribution in [0.25, 0.3) is 0 Å². The van der Waals surface area contributed by atoms with Gasteiger partial charge in [-0.3, -0.25) is 4.79 Å². The minimum atomic E-state index is -0.0557. The van der Waals surface area contributed by atoms with Crippen molar-refractivity contribution in [3.8, 4) is 23.0 Å². The first-order valence-electron chi connectivity index (χ1n) is 8.57. The number of anilines is 1. The van der Waals surface area contributed by atoms with Crippen LogP contribution >= 0.6 is 0 Å². The predicted molar refractivity (Wildman–Crippen MR) is 95.0 cm³/mol. The van der Waals surface area contributed by atoms with Crippen molar-refractivity contribution in [1.82, 2.24) is 5.32 Å². The zero-order valence-electron chi connectivity index (χ0n) is 14.2. The topological polar surface area (TPSA) is 78.1 Å². The van der Waals surface area contributed by atoms with Gasteiger partial charge in [0.25, 0.3) is 0 Å². The van der Waals surface area contributed by atoms with E-state index in [4.69, 9.17) is 18.9 Å². The Kier molecular flexibility index (Phi) is 4.79. The molecule has 26 heavy (non-hydrogen) atoms. The lowest BCUT2D eigenvalue weighted by Crippen LogP contribution is -2.21. The molecule has 2 aliphatic heterocycles. The lowest BCUT2D eigenvalue weighted by molar-refractivity contribution is -0.116. The van der Waals surface area contributed by atoms with Gasteiger partial charge in [0.05, 0.1) is 0 Å². The number of hydrogen-bond acceptors (Lipinski definition) is 6. The molecule has 0 aromatic heterocycles. The van der Waals surface area contributed by atoms with Crippen molar-refractivity contribution in [2.75, 3.05) is 31.9 Å². The molecule has 2 aliphatic rings. The molecule has 7 nitrogen and oxygen atoms in total. The molecular weight excluding hydrogens is 336 g/mol. The molecule has 0 unspecified atom stereocenters. The van der Waals surface area contributed by atoms with E-state index in [0.717, 1.165) is 17.1 Å². The van der Waals surface area contributed by atoms with Crippen molar-refractivity contribution in [1.29, 1.82) is 0 Å². The largest absolute Gasteiger partial charge is 0.486 e. The van der Waals surface area contributed by atoms with Gasteiger partial charge in [-0.05, 0) is 29.8 Å². The van der Waals surface area contributed by atoms with E-state index in [9.17, 15) is 4.79 Å².